The highest BCUT2D eigenvalue weighted by molar-refractivity contribution is 7.99. The van der Waals surface area contributed by atoms with Gasteiger partial charge in [0.2, 0.25) is 5.91 Å². The van der Waals surface area contributed by atoms with Crippen molar-refractivity contribution in [3.05, 3.63) is 41.9 Å². The molecule has 2 rings (SSSR count). The number of nitrogens with one attached hydrogen (secondary N) is 2. The van der Waals surface area contributed by atoms with Crippen molar-refractivity contribution in [2.45, 2.75) is 11.7 Å². The van der Waals surface area contributed by atoms with Gasteiger partial charge in [-0.15, -0.1) is 16.8 Å². The fraction of sp³-hybridized carbons (Fsp3) is 0.200. The molecule has 1 aromatic carbocycles. The fourth-order valence-electron chi connectivity index (χ4n) is 1.89. The predicted molar refractivity (Wildman–Crippen MR) is 94.0 cm³/mol. The first-order chi connectivity index (χ1) is 11.6. The number of carbonyl (C=O) groups is 2. The van der Waals surface area contributed by atoms with Gasteiger partial charge in [0.15, 0.2) is 11.0 Å². The van der Waals surface area contributed by atoms with Crippen LogP contribution in [0.2, 0.25) is 5.02 Å². The van der Waals surface area contributed by atoms with Crippen LogP contribution in [-0.2, 0) is 11.3 Å². The van der Waals surface area contributed by atoms with Crippen LogP contribution in [0.25, 0.3) is 11.4 Å². The lowest BCUT2D eigenvalue weighted by molar-refractivity contribution is -0.117. The lowest BCUT2D eigenvalue weighted by Gasteiger charge is -2.08. The van der Waals surface area contributed by atoms with Crippen molar-refractivity contribution in [1.82, 2.24) is 25.4 Å². The largest absolute Gasteiger partial charge is 0.341 e. The zero-order chi connectivity index (χ0) is 17.5. The summed E-state index contributed by atoms with van der Waals surface area (Å²) >= 11 is 7.39. The van der Waals surface area contributed by atoms with Crippen LogP contribution in [0.5, 0.6) is 0 Å². The molecule has 0 radical (unpaired) electrons. The average molecular weight is 366 g/mol. The van der Waals surface area contributed by atoms with E-state index in [-0.39, 0.29) is 5.75 Å². The first-order valence-electron chi connectivity index (χ1n) is 7.00. The molecule has 0 aliphatic heterocycles. The zero-order valence-corrected chi connectivity index (χ0v) is 14.5. The molecule has 1 heterocycles. The molecule has 0 unspecified atom stereocenters. The minimum absolute atomic E-state index is 0.0330. The molecule has 1 aromatic heterocycles. The molecule has 24 heavy (non-hydrogen) atoms. The van der Waals surface area contributed by atoms with Gasteiger partial charge in [-0.3, -0.25) is 14.7 Å². The maximum absolute atomic E-state index is 11.7. The molecule has 0 saturated heterocycles. The molecule has 0 spiro atoms. The summed E-state index contributed by atoms with van der Waals surface area (Å²) in [4.78, 5) is 22.8. The predicted octanol–water partition coefficient (Wildman–Crippen LogP) is 2.33. The van der Waals surface area contributed by atoms with E-state index in [0.29, 0.717) is 22.5 Å². The van der Waals surface area contributed by atoms with Crippen LogP contribution in [0, 0.1) is 0 Å². The molecule has 3 amide bonds. The second-order valence-corrected chi connectivity index (χ2v) is 5.95. The van der Waals surface area contributed by atoms with Crippen LogP contribution in [0.15, 0.2) is 42.1 Å². The van der Waals surface area contributed by atoms with E-state index in [1.165, 1.54) is 18.8 Å². The number of allylic oxidation sites excluding steroid dienone is 1. The van der Waals surface area contributed by atoms with Crippen LogP contribution < -0.4 is 10.6 Å². The highest BCUT2D eigenvalue weighted by Crippen LogP contribution is 2.29. The van der Waals surface area contributed by atoms with Crippen molar-refractivity contribution in [1.29, 1.82) is 0 Å². The molecule has 0 bridgehead atoms. The number of amides is 3. The summed E-state index contributed by atoms with van der Waals surface area (Å²) in [6.45, 7) is 4.19. The molecule has 0 atom stereocenters. The summed E-state index contributed by atoms with van der Waals surface area (Å²) in [6.07, 6.45) is 1.71. The van der Waals surface area contributed by atoms with Gasteiger partial charge in [-0.1, -0.05) is 41.6 Å². The second-order valence-electron chi connectivity index (χ2n) is 4.60. The minimum atomic E-state index is -0.551. The number of halogens is 1. The smallest absolute Gasteiger partial charge is 0.321 e. The van der Waals surface area contributed by atoms with Crippen molar-refractivity contribution in [3.8, 4) is 11.4 Å². The van der Waals surface area contributed by atoms with Gasteiger partial charge in [0.1, 0.15) is 0 Å². The fourth-order valence-corrected chi connectivity index (χ4v) is 2.85. The van der Waals surface area contributed by atoms with E-state index in [9.17, 15) is 9.59 Å². The quantitative estimate of drug-likeness (QED) is 0.605. The van der Waals surface area contributed by atoms with Crippen molar-refractivity contribution in [2.24, 2.45) is 0 Å². The lowest BCUT2D eigenvalue weighted by atomic mass is 10.2. The van der Waals surface area contributed by atoms with Gasteiger partial charge in [0, 0.05) is 19.2 Å². The summed E-state index contributed by atoms with van der Waals surface area (Å²) in [5.41, 5.74) is 0.746. The lowest BCUT2D eigenvalue weighted by Crippen LogP contribution is -2.38. The number of hydrogen-bond acceptors (Lipinski definition) is 5. The Balaban J connectivity index is 2.20. The number of carbonyl (C=O) groups excluding carboxylic acids is 2. The van der Waals surface area contributed by atoms with E-state index in [4.69, 9.17) is 11.6 Å². The van der Waals surface area contributed by atoms with Crippen molar-refractivity contribution in [3.63, 3.8) is 0 Å². The van der Waals surface area contributed by atoms with Gasteiger partial charge in [0.25, 0.3) is 0 Å². The number of nitrogens with zero attached hydrogens (tertiary/aromatic N) is 3. The number of hydrogen-bond donors (Lipinski definition) is 2. The first kappa shape index (κ1) is 18.0. The molecule has 2 aromatic rings. The Bertz CT molecular complexity index is 762. The van der Waals surface area contributed by atoms with Crippen molar-refractivity contribution < 1.29 is 9.59 Å². The molecule has 9 heteroatoms. The van der Waals surface area contributed by atoms with E-state index in [1.54, 1.807) is 12.1 Å². The molecule has 126 valence electrons. The highest BCUT2D eigenvalue weighted by atomic mass is 35.5. The molecule has 0 fully saturated rings. The van der Waals surface area contributed by atoms with E-state index < -0.39 is 11.9 Å². The van der Waals surface area contributed by atoms with Gasteiger partial charge in [-0.2, -0.15) is 0 Å². The third-order valence-electron chi connectivity index (χ3n) is 2.96. The molecule has 0 aliphatic carbocycles. The average Bonchev–Trinajstić information content (AvgIpc) is 2.96. The Labute approximate surface area is 148 Å². The van der Waals surface area contributed by atoms with E-state index in [1.807, 2.05) is 22.8 Å². The third kappa shape index (κ3) is 4.36. The Morgan fingerprint density at radius 3 is 2.79 bits per heavy atom. The molecule has 0 saturated carbocycles. The Morgan fingerprint density at radius 2 is 2.12 bits per heavy atom. The molecule has 7 nitrogen and oxygen atoms in total. The normalized spacial score (nSPS) is 10.2. The number of urea groups is 1. The Kier molecular flexibility index (Phi) is 6.39. The molecular weight excluding hydrogens is 350 g/mol. The summed E-state index contributed by atoms with van der Waals surface area (Å²) in [5.74, 6) is 0.201. The van der Waals surface area contributed by atoms with Crippen LogP contribution in [0.3, 0.4) is 0 Å². The van der Waals surface area contributed by atoms with E-state index in [0.717, 1.165) is 5.56 Å². The van der Waals surface area contributed by atoms with Crippen molar-refractivity contribution >= 4 is 35.3 Å². The first-order valence-corrected chi connectivity index (χ1v) is 8.36. The summed E-state index contributed by atoms with van der Waals surface area (Å²) in [7, 11) is 1.44. The molecule has 2 N–H and O–H groups in total. The third-order valence-corrected chi connectivity index (χ3v) is 4.25. The van der Waals surface area contributed by atoms with Gasteiger partial charge < -0.3 is 5.32 Å². The monoisotopic (exact) mass is 365 g/mol. The minimum Gasteiger partial charge on any atom is -0.341 e. The van der Waals surface area contributed by atoms with E-state index >= 15 is 0 Å². The second kappa shape index (κ2) is 8.51. The summed E-state index contributed by atoms with van der Waals surface area (Å²) < 4.78 is 1.81. The number of thioether (sulfide) groups is 1. The SMILES string of the molecule is C=CCn1c(SCC(=O)NC(=O)NC)nnc1-c1ccccc1Cl. The van der Waals surface area contributed by atoms with Gasteiger partial charge in [0.05, 0.1) is 10.8 Å². The standard InChI is InChI=1S/C15H16ClN5O2S/c1-3-8-21-13(10-6-4-5-7-11(10)16)19-20-15(21)24-9-12(22)18-14(23)17-2/h3-7H,1,8-9H2,2H3,(H2,17,18,22,23). The maximum Gasteiger partial charge on any atom is 0.321 e. The van der Waals surface area contributed by atoms with Crippen LogP contribution >= 0.6 is 23.4 Å². The summed E-state index contributed by atoms with van der Waals surface area (Å²) in [5, 5.41) is 13.9. The summed E-state index contributed by atoms with van der Waals surface area (Å²) in [6, 6.07) is 6.76. The zero-order valence-electron chi connectivity index (χ0n) is 13.0. The Hall–Kier alpha value is -2.32. The Morgan fingerprint density at radius 1 is 1.38 bits per heavy atom. The number of aromatic nitrogens is 3. The van der Waals surface area contributed by atoms with Gasteiger partial charge in [-0.25, -0.2) is 4.79 Å². The van der Waals surface area contributed by atoms with Crippen LogP contribution in [0.4, 0.5) is 4.79 Å². The number of rotatable bonds is 6. The van der Waals surface area contributed by atoms with Crippen LogP contribution in [0.1, 0.15) is 0 Å². The van der Waals surface area contributed by atoms with Crippen molar-refractivity contribution in [2.75, 3.05) is 12.8 Å². The topological polar surface area (TPSA) is 88.9 Å². The van der Waals surface area contributed by atoms with E-state index in [2.05, 4.69) is 27.4 Å². The van der Waals surface area contributed by atoms with Gasteiger partial charge in [-0.05, 0) is 12.1 Å². The molecule has 0 aliphatic rings. The van der Waals surface area contributed by atoms with Crippen LogP contribution in [-0.4, -0.2) is 39.5 Å². The maximum atomic E-state index is 11.7. The number of imide groups is 1. The molecular formula is C15H16ClN5O2S. The number of benzene rings is 1. The highest BCUT2D eigenvalue weighted by Gasteiger charge is 2.17. The van der Waals surface area contributed by atoms with Gasteiger partial charge >= 0.3 is 6.03 Å².